The van der Waals surface area contributed by atoms with Crippen LogP contribution in [-0.4, -0.2) is 16.5 Å². The molecule has 2 N–H and O–H groups in total. The summed E-state index contributed by atoms with van der Waals surface area (Å²) in [6, 6.07) is 7.86. The zero-order chi connectivity index (χ0) is 12.3. The number of hydrogen-bond donors (Lipinski definition) is 1. The van der Waals surface area contributed by atoms with E-state index < -0.39 is 0 Å². The van der Waals surface area contributed by atoms with Crippen LogP contribution in [0.25, 0.3) is 17.1 Å². The average molecular weight is 227 g/mol. The highest BCUT2D eigenvalue weighted by Crippen LogP contribution is 2.14. The summed E-state index contributed by atoms with van der Waals surface area (Å²) in [7, 11) is 0. The van der Waals surface area contributed by atoms with E-state index in [0.717, 1.165) is 16.7 Å². The Kier molecular flexibility index (Phi) is 3.49. The molecule has 0 aliphatic carbocycles. The molecule has 1 heterocycles. The highest BCUT2D eigenvalue weighted by Gasteiger charge is 2.02. The Morgan fingerprint density at radius 1 is 1.29 bits per heavy atom. The van der Waals surface area contributed by atoms with Gasteiger partial charge < -0.3 is 5.73 Å². The van der Waals surface area contributed by atoms with E-state index in [1.165, 1.54) is 5.57 Å². The van der Waals surface area contributed by atoms with Crippen molar-refractivity contribution in [3.63, 3.8) is 0 Å². The van der Waals surface area contributed by atoms with Crippen LogP contribution in [0.1, 0.15) is 19.5 Å². The second kappa shape index (κ2) is 5.06. The molecule has 0 aliphatic heterocycles. The minimum atomic E-state index is 0.438. The van der Waals surface area contributed by atoms with Crippen molar-refractivity contribution in [3.8, 4) is 0 Å². The minimum Gasteiger partial charge on any atom is -0.327 e. The predicted molar refractivity (Wildman–Crippen MR) is 71.4 cm³/mol. The van der Waals surface area contributed by atoms with Gasteiger partial charge in [-0.05, 0) is 24.1 Å². The van der Waals surface area contributed by atoms with Crippen LogP contribution in [0.5, 0.6) is 0 Å². The molecule has 0 radical (unpaired) electrons. The number of fused-ring (bicyclic) bond motifs is 1. The summed E-state index contributed by atoms with van der Waals surface area (Å²) in [4.78, 5) is 8.93. The molecule has 2 aromatic rings. The fourth-order valence-corrected chi connectivity index (χ4v) is 1.69. The number of nitrogens with two attached hydrogens (primary N) is 1. The summed E-state index contributed by atoms with van der Waals surface area (Å²) in [5.41, 5.74) is 9.62. The van der Waals surface area contributed by atoms with Crippen LogP contribution in [0, 0.1) is 5.92 Å². The quantitative estimate of drug-likeness (QED) is 0.877. The van der Waals surface area contributed by atoms with Crippen molar-refractivity contribution in [2.24, 2.45) is 11.7 Å². The van der Waals surface area contributed by atoms with Crippen LogP contribution in [0.3, 0.4) is 0 Å². The SMILES string of the molecule is CC(C)C(=Cc1cnc2ccccc2n1)CN. The first-order valence-electron chi connectivity index (χ1n) is 5.83. The Morgan fingerprint density at radius 2 is 2.00 bits per heavy atom. The maximum Gasteiger partial charge on any atom is 0.0894 e. The van der Waals surface area contributed by atoms with Gasteiger partial charge in [-0.15, -0.1) is 0 Å². The number of benzene rings is 1. The first kappa shape index (κ1) is 11.7. The highest BCUT2D eigenvalue weighted by atomic mass is 14.8. The normalized spacial score (nSPS) is 12.4. The van der Waals surface area contributed by atoms with E-state index in [1.54, 1.807) is 6.20 Å². The summed E-state index contributed by atoms with van der Waals surface area (Å²) in [6.45, 7) is 4.83. The van der Waals surface area contributed by atoms with Crippen molar-refractivity contribution < 1.29 is 0 Å². The van der Waals surface area contributed by atoms with Crippen molar-refractivity contribution >= 4 is 17.1 Å². The Morgan fingerprint density at radius 3 is 2.65 bits per heavy atom. The van der Waals surface area contributed by atoms with Gasteiger partial charge in [0.1, 0.15) is 0 Å². The van der Waals surface area contributed by atoms with E-state index >= 15 is 0 Å². The Labute approximate surface area is 101 Å². The van der Waals surface area contributed by atoms with E-state index in [2.05, 4.69) is 23.8 Å². The topological polar surface area (TPSA) is 51.8 Å². The van der Waals surface area contributed by atoms with Crippen LogP contribution in [0.4, 0.5) is 0 Å². The molecule has 0 atom stereocenters. The van der Waals surface area contributed by atoms with Gasteiger partial charge in [-0.3, -0.25) is 4.98 Å². The first-order chi connectivity index (χ1) is 8.20. The molecular weight excluding hydrogens is 210 g/mol. The summed E-state index contributed by atoms with van der Waals surface area (Å²) >= 11 is 0. The van der Waals surface area contributed by atoms with E-state index in [0.29, 0.717) is 12.5 Å². The monoisotopic (exact) mass is 227 g/mol. The molecule has 0 amide bonds. The van der Waals surface area contributed by atoms with Gasteiger partial charge in [0.25, 0.3) is 0 Å². The van der Waals surface area contributed by atoms with Crippen molar-refractivity contribution in [2.75, 3.05) is 6.54 Å². The number of para-hydroxylation sites is 2. The lowest BCUT2D eigenvalue weighted by Gasteiger charge is -2.08. The summed E-state index contributed by atoms with van der Waals surface area (Å²) in [5.74, 6) is 0.438. The van der Waals surface area contributed by atoms with Gasteiger partial charge in [0.05, 0.1) is 22.9 Å². The third kappa shape index (κ3) is 2.68. The summed E-state index contributed by atoms with van der Waals surface area (Å²) in [5, 5.41) is 0. The van der Waals surface area contributed by atoms with Gasteiger partial charge in [-0.25, -0.2) is 4.98 Å². The minimum absolute atomic E-state index is 0.438. The van der Waals surface area contributed by atoms with Gasteiger partial charge in [-0.1, -0.05) is 31.6 Å². The van der Waals surface area contributed by atoms with Crippen LogP contribution in [0.15, 0.2) is 36.0 Å². The smallest absolute Gasteiger partial charge is 0.0894 e. The largest absolute Gasteiger partial charge is 0.327 e. The predicted octanol–water partition coefficient (Wildman–Crippen LogP) is 2.63. The summed E-state index contributed by atoms with van der Waals surface area (Å²) < 4.78 is 0. The van der Waals surface area contributed by atoms with Crippen LogP contribution in [0.2, 0.25) is 0 Å². The molecule has 0 saturated carbocycles. The third-order valence-corrected chi connectivity index (χ3v) is 2.78. The average Bonchev–Trinajstić information content (AvgIpc) is 2.35. The van der Waals surface area contributed by atoms with Gasteiger partial charge >= 0.3 is 0 Å². The van der Waals surface area contributed by atoms with Gasteiger partial charge in [0.2, 0.25) is 0 Å². The maximum atomic E-state index is 5.72. The molecule has 1 aromatic carbocycles. The van der Waals surface area contributed by atoms with Crippen LogP contribution < -0.4 is 5.73 Å². The van der Waals surface area contributed by atoms with Gasteiger partial charge in [0.15, 0.2) is 0 Å². The fourth-order valence-electron chi connectivity index (χ4n) is 1.69. The maximum absolute atomic E-state index is 5.72. The van der Waals surface area contributed by atoms with E-state index in [1.807, 2.05) is 30.3 Å². The summed E-state index contributed by atoms with van der Waals surface area (Å²) in [6.07, 6.45) is 3.82. The lowest BCUT2D eigenvalue weighted by atomic mass is 10.0. The van der Waals surface area contributed by atoms with Crippen LogP contribution >= 0.6 is 0 Å². The van der Waals surface area contributed by atoms with Gasteiger partial charge in [0, 0.05) is 6.54 Å². The lowest BCUT2D eigenvalue weighted by Crippen LogP contribution is -2.08. The molecule has 2 rings (SSSR count). The molecule has 1 aromatic heterocycles. The molecule has 0 bridgehead atoms. The molecule has 0 spiro atoms. The molecular formula is C14H17N3. The molecule has 0 saturated heterocycles. The molecule has 0 aliphatic rings. The zero-order valence-electron chi connectivity index (χ0n) is 10.2. The van der Waals surface area contributed by atoms with E-state index in [9.17, 15) is 0 Å². The lowest BCUT2D eigenvalue weighted by molar-refractivity contribution is 0.752. The number of nitrogens with zero attached hydrogens (tertiary/aromatic N) is 2. The molecule has 88 valence electrons. The molecule has 0 unspecified atom stereocenters. The zero-order valence-corrected chi connectivity index (χ0v) is 10.2. The molecule has 3 heteroatoms. The number of hydrogen-bond acceptors (Lipinski definition) is 3. The standard InChI is InChI=1S/C14H17N3/c1-10(2)11(8-15)7-12-9-16-13-5-3-4-6-14(13)17-12/h3-7,9-10H,8,15H2,1-2H3. The van der Waals surface area contributed by atoms with Crippen LogP contribution in [-0.2, 0) is 0 Å². The second-order valence-electron chi connectivity index (χ2n) is 4.36. The third-order valence-electron chi connectivity index (χ3n) is 2.78. The van der Waals surface area contributed by atoms with E-state index in [4.69, 9.17) is 5.73 Å². The molecule has 17 heavy (non-hydrogen) atoms. The second-order valence-corrected chi connectivity index (χ2v) is 4.36. The Balaban J connectivity index is 2.43. The van der Waals surface area contributed by atoms with Crippen molar-refractivity contribution in [1.82, 2.24) is 9.97 Å². The highest BCUT2D eigenvalue weighted by molar-refractivity contribution is 5.74. The van der Waals surface area contributed by atoms with E-state index in [-0.39, 0.29) is 0 Å². The Hall–Kier alpha value is -1.74. The fraction of sp³-hybridized carbons (Fsp3) is 0.286. The number of aromatic nitrogens is 2. The Bertz CT molecular complexity index is 544. The first-order valence-corrected chi connectivity index (χ1v) is 5.83. The van der Waals surface area contributed by atoms with Crippen molar-refractivity contribution in [2.45, 2.75) is 13.8 Å². The van der Waals surface area contributed by atoms with Gasteiger partial charge in [-0.2, -0.15) is 0 Å². The molecule has 3 nitrogen and oxygen atoms in total. The number of rotatable bonds is 3. The van der Waals surface area contributed by atoms with Crippen molar-refractivity contribution in [3.05, 3.63) is 41.7 Å². The molecule has 0 fully saturated rings. The van der Waals surface area contributed by atoms with Crippen molar-refractivity contribution in [1.29, 1.82) is 0 Å².